The molecule has 0 aliphatic heterocycles. The summed E-state index contributed by atoms with van der Waals surface area (Å²) in [6.07, 6.45) is 5.55. The second-order valence-corrected chi connectivity index (χ2v) is 5.53. The van der Waals surface area contributed by atoms with Gasteiger partial charge in [0.1, 0.15) is 0 Å². The van der Waals surface area contributed by atoms with Crippen molar-refractivity contribution in [2.45, 2.75) is 39.0 Å². The molecule has 0 bridgehead atoms. The Labute approximate surface area is 121 Å². The van der Waals surface area contributed by atoms with E-state index in [9.17, 15) is 4.79 Å². The van der Waals surface area contributed by atoms with Crippen molar-refractivity contribution >= 4 is 5.78 Å². The van der Waals surface area contributed by atoms with Crippen LogP contribution in [0.1, 0.15) is 49.4 Å². The molecule has 3 heteroatoms. The van der Waals surface area contributed by atoms with Crippen LogP contribution in [-0.2, 0) is 0 Å². The van der Waals surface area contributed by atoms with Crippen LogP contribution in [0.4, 0.5) is 0 Å². The predicted octanol–water partition coefficient (Wildman–Crippen LogP) is 4.10. The van der Waals surface area contributed by atoms with Gasteiger partial charge in [-0.15, -0.1) is 0 Å². The second-order valence-electron chi connectivity index (χ2n) is 5.53. The van der Waals surface area contributed by atoms with Crippen molar-refractivity contribution in [3.8, 4) is 11.5 Å². The van der Waals surface area contributed by atoms with Gasteiger partial charge in [0, 0.05) is 5.92 Å². The molecule has 0 aromatic heterocycles. The number of hydrogen-bond acceptors (Lipinski definition) is 3. The quantitative estimate of drug-likeness (QED) is 0.759. The minimum Gasteiger partial charge on any atom is -0.493 e. The Morgan fingerprint density at radius 3 is 2.40 bits per heavy atom. The molecule has 0 radical (unpaired) electrons. The molecule has 3 nitrogen and oxygen atoms in total. The average Bonchev–Trinajstić information content (AvgIpc) is 2.53. The lowest BCUT2D eigenvalue weighted by Gasteiger charge is -2.27. The Morgan fingerprint density at radius 2 is 1.85 bits per heavy atom. The van der Waals surface area contributed by atoms with Crippen molar-refractivity contribution < 1.29 is 14.3 Å². The molecule has 0 unspecified atom stereocenters. The summed E-state index contributed by atoms with van der Waals surface area (Å²) in [4.78, 5) is 12.7. The zero-order valence-electron chi connectivity index (χ0n) is 12.6. The van der Waals surface area contributed by atoms with Gasteiger partial charge < -0.3 is 9.47 Å². The van der Waals surface area contributed by atoms with E-state index in [0.29, 0.717) is 17.1 Å². The van der Waals surface area contributed by atoms with Gasteiger partial charge in [0.2, 0.25) is 0 Å². The van der Waals surface area contributed by atoms with Crippen LogP contribution in [0.5, 0.6) is 11.5 Å². The molecule has 0 heterocycles. The number of hydrogen-bond donors (Lipinski definition) is 0. The zero-order chi connectivity index (χ0) is 14.5. The number of methoxy groups -OCH3 is 2. The first-order chi connectivity index (χ1) is 9.71. The lowest BCUT2D eigenvalue weighted by molar-refractivity contribution is 0.0867. The monoisotopic (exact) mass is 276 g/mol. The van der Waals surface area contributed by atoms with Crippen molar-refractivity contribution in [3.05, 3.63) is 23.8 Å². The van der Waals surface area contributed by atoms with E-state index in [-0.39, 0.29) is 11.7 Å². The van der Waals surface area contributed by atoms with Crippen molar-refractivity contribution in [1.82, 2.24) is 0 Å². The van der Waals surface area contributed by atoms with Crippen molar-refractivity contribution in [1.29, 1.82) is 0 Å². The van der Waals surface area contributed by atoms with Gasteiger partial charge in [0.25, 0.3) is 0 Å². The maximum atomic E-state index is 12.7. The first kappa shape index (κ1) is 14.9. The van der Waals surface area contributed by atoms with Crippen LogP contribution in [0.3, 0.4) is 0 Å². The topological polar surface area (TPSA) is 35.5 Å². The number of benzene rings is 1. The van der Waals surface area contributed by atoms with Gasteiger partial charge in [0.15, 0.2) is 17.3 Å². The molecule has 1 aliphatic carbocycles. The van der Waals surface area contributed by atoms with Crippen LogP contribution < -0.4 is 9.47 Å². The minimum atomic E-state index is 0.138. The maximum Gasteiger partial charge on any atom is 0.171 e. The SMILES string of the molecule is CCC1CCC(C(=O)c2cccc(OC)c2OC)CC1. The number of Topliss-reactive ketones (excluding diaryl/α,β-unsaturated/α-hetero) is 1. The number of para-hydroxylation sites is 1. The number of ketones is 1. The lowest BCUT2D eigenvalue weighted by atomic mass is 9.77. The molecular formula is C17H24O3. The summed E-state index contributed by atoms with van der Waals surface area (Å²) in [7, 11) is 3.18. The minimum absolute atomic E-state index is 0.138. The van der Waals surface area contributed by atoms with Crippen LogP contribution in [0.25, 0.3) is 0 Å². The Balaban J connectivity index is 2.17. The summed E-state index contributed by atoms with van der Waals surface area (Å²) < 4.78 is 10.6. The molecule has 0 spiro atoms. The van der Waals surface area contributed by atoms with Crippen LogP contribution in [0.2, 0.25) is 0 Å². The van der Waals surface area contributed by atoms with Gasteiger partial charge in [-0.2, -0.15) is 0 Å². The smallest absolute Gasteiger partial charge is 0.171 e. The van der Waals surface area contributed by atoms with Crippen molar-refractivity contribution in [3.63, 3.8) is 0 Å². The number of carbonyl (C=O) groups is 1. The van der Waals surface area contributed by atoms with Crippen LogP contribution in [0.15, 0.2) is 18.2 Å². The highest BCUT2D eigenvalue weighted by atomic mass is 16.5. The molecule has 2 rings (SSSR count). The highest BCUT2D eigenvalue weighted by Gasteiger charge is 2.28. The fraction of sp³-hybridized carbons (Fsp3) is 0.588. The summed E-state index contributed by atoms with van der Waals surface area (Å²) in [5.74, 6) is 2.33. The van der Waals surface area contributed by atoms with Crippen molar-refractivity contribution in [2.75, 3.05) is 14.2 Å². The van der Waals surface area contributed by atoms with E-state index in [1.165, 1.54) is 19.3 Å². The fourth-order valence-electron chi connectivity index (χ4n) is 3.13. The molecule has 0 saturated heterocycles. The molecule has 0 amide bonds. The predicted molar refractivity (Wildman–Crippen MR) is 79.6 cm³/mol. The third kappa shape index (κ3) is 2.97. The Kier molecular flexibility index (Phi) is 5.05. The molecular weight excluding hydrogens is 252 g/mol. The van der Waals surface area contributed by atoms with E-state index in [2.05, 4.69) is 6.92 Å². The molecule has 110 valence electrons. The van der Waals surface area contributed by atoms with Gasteiger partial charge in [-0.1, -0.05) is 19.4 Å². The van der Waals surface area contributed by atoms with Gasteiger partial charge in [-0.05, 0) is 43.7 Å². The summed E-state index contributed by atoms with van der Waals surface area (Å²) in [5, 5.41) is 0. The molecule has 0 N–H and O–H groups in total. The van der Waals surface area contributed by atoms with Gasteiger partial charge in [-0.25, -0.2) is 0 Å². The molecule has 1 fully saturated rings. The summed E-state index contributed by atoms with van der Waals surface area (Å²) in [6, 6.07) is 5.52. The lowest BCUT2D eigenvalue weighted by Crippen LogP contribution is -2.22. The molecule has 1 aromatic rings. The zero-order valence-corrected chi connectivity index (χ0v) is 12.6. The Bertz CT molecular complexity index is 459. The van der Waals surface area contributed by atoms with Gasteiger partial charge in [-0.3, -0.25) is 4.79 Å². The van der Waals surface area contributed by atoms with E-state index < -0.39 is 0 Å². The third-order valence-electron chi connectivity index (χ3n) is 4.46. The molecule has 1 aromatic carbocycles. The van der Waals surface area contributed by atoms with Crippen molar-refractivity contribution in [2.24, 2.45) is 11.8 Å². The van der Waals surface area contributed by atoms with Gasteiger partial charge >= 0.3 is 0 Å². The molecule has 20 heavy (non-hydrogen) atoms. The number of carbonyl (C=O) groups excluding carboxylic acids is 1. The second kappa shape index (κ2) is 6.78. The summed E-state index contributed by atoms with van der Waals surface area (Å²) in [5.41, 5.74) is 0.659. The van der Waals surface area contributed by atoms with E-state index in [0.717, 1.165) is 18.8 Å². The molecule has 1 aliphatic rings. The van der Waals surface area contributed by atoms with Crippen LogP contribution in [-0.4, -0.2) is 20.0 Å². The maximum absolute atomic E-state index is 12.7. The van der Waals surface area contributed by atoms with Crippen LogP contribution >= 0.6 is 0 Å². The first-order valence-corrected chi connectivity index (χ1v) is 7.46. The first-order valence-electron chi connectivity index (χ1n) is 7.46. The van der Waals surface area contributed by atoms with E-state index in [1.807, 2.05) is 18.2 Å². The summed E-state index contributed by atoms with van der Waals surface area (Å²) in [6.45, 7) is 2.23. The summed E-state index contributed by atoms with van der Waals surface area (Å²) >= 11 is 0. The normalized spacial score (nSPS) is 22.4. The Hall–Kier alpha value is -1.51. The van der Waals surface area contributed by atoms with E-state index in [4.69, 9.17) is 9.47 Å². The largest absolute Gasteiger partial charge is 0.493 e. The van der Waals surface area contributed by atoms with E-state index in [1.54, 1.807) is 14.2 Å². The fourth-order valence-corrected chi connectivity index (χ4v) is 3.13. The standard InChI is InChI=1S/C17H24O3/c1-4-12-8-10-13(11-9-12)16(18)14-6-5-7-15(19-2)17(14)20-3/h5-7,12-13H,4,8-11H2,1-3H3. The highest BCUT2D eigenvalue weighted by molar-refractivity contribution is 6.01. The van der Waals surface area contributed by atoms with Gasteiger partial charge in [0.05, 0.1) is 19.8 Å². The molecule has 1 saturated carbocycles. The Morgan fingerprint density at radius 1 is 1.15 bits per heavy atom. The highest BCUT2D eigenvalue weighted by Crippen LogP contribution is 2.37. The average molecular weight is 276 g/mol. The molecule has 0 atom stereocenters. The number of ether oxygens (including phenoxy) is 2. The van der Waals surface area contributed by atoms with E-state index >= 15 is 0 Å². The van der Waals surface area contributed by atoms with Crippen LogP contribution in [0, 0.1) is 11.8 Å². The third-order valence-corrected chi connectivity index (χ3v) is 4.46. The number of rotatable bonds is 5.